The third-order valence-corrected chi connectivity index (χ3v) is 4.32. The lowest BCUT2D eigenvalue weighted by molar-refractivity contribution is 0.0757. The molecule has 2 aromatic rings. The van der Waals surface area contributed by atoms with Crippen LogP contribution in [0.3, 0.4) is 0 Å². The Morgan fingerprint density at radius 1 is 1.40 bits per heavy atom. The van der Waals surface area contributed by atoms with Crippen LogP contribution in [-0.4, -0.2) is 22.3 Å². The van der Waals surface area contributed by atoms with Gasteiger partial charge in [0, 0.05) is 19.6 Å². The summed E-state index contributed by atoms with van der Waals surface area (Å²) in [5, 5.41) is 3.79. The zero-order valence-electron chi connectivity index (χ0n) is 11.2. The van der Waals surface area contributed by atoms with Gasteiger partial charge in [0.05, 0.1) is 0 Å². The number of thiazole rings is 1. The van der Waals surface area contributed by atoms with Crippen molar-refractivity contribution in [2.45, 2.75) is 20.0 Å². The highest BCUT2D eigenvalue weighted by Gasteiger charge is 2.27. The Morgan fingerprint density at radius 3 is 2.65 bits per heavy atom. The second-order valence-electron chi connectivity index (χ2n) is 4.69. The van der Waals surface area contributed by atoms with E-state index in [1.807, 2.05) is 24.0 Å². The number of nitrogen functional groups attached to an aromatic ring is 1. The van der Waals surface area contributed by atoms with Crippen molar-refractivity contribution in [1.29, 1.82) is 0 Å². The van der Waals surface area contributed by atoms with Gasteiger partial charge in [-0.3, -0.25) is 4.79 Å². The first kappa shape index (κ1) is 12.9. The van der Waals surface area contributed by atoms with E-state index in [1.54, 1.807) is 0 Å². The monoisotopic (exact) mass is 288 g/mol. The van der Waals surface area contributed by atoms with E-state index in [0.29, 0.717) is 28.9 Å². The fraction of sp³-hybridized carbons (Fsp3) is 0.286. The van der Waals surface area contributed by atoms with E-state index in [-0.39, 0.29) is 5.91 Å². The van der Waals surface area contributed by atoms with Gasteiger partial charge in [-0.2, -0.15) is 0 Å². The van der Waals surface area contributed by atoms with Crippen molar-refractivity contribution in [1.82, 2.24) is 9.88 Å². The van der Waals surface area contributed by atoms with Crippen LogP contribution in [0.15, 0.2) is 24.3 Å². The Hall–Kier alpha value is -2.08. The summed E-state index contributed by atoms with van der Waals surface area (Å²) in [5.74, 6) is 0.271. The van der Waals surface area contributed by atoms with Gasteiger partial charge in [0.1, 0.15) is 10.7 Å². The quantitative estimate of drug-likeness (QED) is 0.909. The molecule has 0 fully saturated rings. The predicted octanol–water partition coefficient (Wildman–Crippen LogP) is 2.31. The summed E-state index contributed by atoms with van der Waals surface area (Å²) < 4.78 is 0. The maximum absolute atomic E-state index is 12.5. The molecule has 0 bridgehead atoms. The van der Waals surface area contributed by atoms with Crippen LogP contribution >= 0.6 is 11.3 Å². The second-order valence-corrected chi connectivity index (χ2v) is 5.69. The number of hydrogen-bond donors (Lipinski definition) is 2. The third-order valence-electron chi connectivity index (χ3n) is 3.30. The normalized spacial score (nSPS) is 13.3. The molecule has 104 valence electrons. The highest BCUT2D eigenvalue weighted by Crippen LogP contribution is 2.30. The van der Waals surface area contributed by atoms with Crippen molar-refractivity contribution in [3.8, 4) is 0 Å². The van der Waals surface area contributed by atoms with Crippen molar-refractivity contribution in [2.24, 2.45) is 0 Å². The summed E-state index contributed by atoms with van der Waals surface area (Å²) in [6.07, 6.45) is 0. The molecular weight excluding hydrogens is 272 g/mol. The van der Waals surface area contributed by atoms with Gasteiger partial charge >= 0.3 is 0 Å². The molecule has 3 N–H and O–H groups in total. The Bertz CT molecular complexity index is 627. The summed E-state index contributed by atoms with van der Waals surface area (Å²) in [5.41, 5.74) is 8.27. The van der Waals surface area contributed by atoms with Crippen molar-refractivity contribution in [3.05, 3.63) is 40.3 Å². The minimum atomic E-state index is -0.0413. The third kappa shape index (κ3) is 2.22. The molecule has 0 atom stereocenters. The van der Waals surface area contributed by atoms with E-state index in [9.17, 15) is 4.79 Å². The van der Waals surface area contributed by atoms with Crippen LogP contribution in [0.5, 0.6) is 0 Å². The van der Waals surface area contributed by atoms with Crippen LogP contribution in [0, 0.1) is 0 Å². The van der Waals surface area contributed by atoms with E-state index in [0.717, 1.165) is 6.54 Å². The van der Waals surface area contributed by atoms with Crippen LogP contribution < -0.4 is 11.1 Å². The number of carbonyl (C=O) groups excluding carboxylic acids is 1. The average molecular weight is 288 g/mol. The van der Waals surface area contributed by atoms with Crippen molar-refractivity contribution in [2.75, 3.05) is 17.6 Å². The first-order chi connectivity index (χ1) is 9.69. The standard InChI is InChI=1S/C14H16N4OS/c1-2-16-14-17-12(15)11(20-14)13(19)18-7-9-5-3-4-6-10(9)8-18/h3-6H,2,7-8,15H2,1H3,(H,16,17). The summed E-state index contributed by atoms with van der Waals surface area (Å²) in [6, 6.07) is 8.11. The molecule has 1 aliphatic heterocycles. The van der Waals surface area contributed by atoms with Gasteiger partial charge in [-0.1, -0.05) is 35.6 Å². The number of anilines is 2. The van der Waals surface area contributed by atoms with Crippen LogP contribution in [0.1, 0.15) is 27.7 Å². The zero-order valence-corrected chi connectivity index (χ0v) is 12.0. The number of nitrogens with one attached hydrogen (secondary N) is 1. The Kier molecular flexibility index (Phi) is 3.31. The molecule has 2 heterocycles. The summed E-state index contributed by atoms with van der Waals surface area (Å²) >= 11 is 1.32. The Labute approximate surface area is 121 Å². The number of nitrogens with zero attached hydrogens (tertiary/aromatic N) is 2. The van der Waals surface area contributed by atoms with Gasteiger partial charge in [-0.25, -0.2) is 4.98 Å². The smallest absolute Gasteiger partial charge is 0.268 e. The molecule has 0 saturated heterocycles. The predicted molar refractivity (Wildman–Crippen MR) is 80.7 cm³/mol. The maximum Gasteiger partial charge on any atom is 0.268 e. The van der Waals surface area contributed by atoms with Gasteiger partial charge < -0.3 is 16.0 Å². The minimum absolute atomic E-state index is 0.0413. The lowest BCUT2D eigenvalue weighted by Crippen LogP contribution is -2.25. The number of benzene rings is 1. The van der Waals surface area contributed by atoms with Crippen LogP contribution in [0.25, 0.3) is 0 Å². The zero-order chi connectivity index (χ0) is 14.1. The molecule has 3 rings (SSSR count). The molecule has 0 aliphatic carbocycles. The van der Waals surface area contributed by atoms with Gasteiger partial charge in [0.15, 0.2) is 5.13 Å². The fourth-order valence-corrected chi connectivity index (χ4v) is 3.25. The van der Waals surface area contributed by atoms with Gasteiger partial charge in [0.25, 0.3) is 5.91 Å². The van der Waals surface area contributed by atoms with E-state index < -0.39 is 0 Å². The lowest BCUT2D eigenvalue weighted by atomic mass is 10.1. The maximum atomic E-state index is 12.5. The first-order valence-electron chi connectivity index (χ1n) is 6.55. The Balaban J connectivity index is 1.81. The van der Waals surface area contributed by atoms with E-state index in [2.05, 4.69) is 22.4 Å². The molecule has 0 unspecified atom stereocenters. The van der Waals surface area contributed by atoms with Crippen molar-refractivity contribution < 1.29 is 4.79 Å². The molecule has 5 nitrogen and oxygen atoms in total. The first-order valence-corrected chi connectivity index (χ1v) is 7.37. The van der Waals surface area contributed by atoms with Gasteiger partial charge in [-0.15, -0.1) is 0 Å². The molecular formula is C14H16N4OS. The van der Waals surface area contributed by atoms with Gasteiger partial charge in [0.2, 0.25) is 0 Å². The number of carbonyl (C=O) groups is 1. The van der Waals surface area contributed by atoms with Crippen molar-refractivity contribution >= 4 is 28.2 Å². The van der Waals surface area contributed by atoms with Crippen LogP contribution in [0.4, 0.5) is 10.9 Å². The molecule has 1 aromatic heterocycles. The number of hydrogen-bond acceptors (Lipinski definition) is 5. The second kappa shape index (κ2) is 5.13. The van der Waals surface area contributed by atoms with E-state index >= 15 is 0 Å². The molecule has 0 radical (unpaired) electrons. The fourth-order valence-electron chi connectivity index (χ4n) is 2.33. The van der Waals surface area contributed by atoms with Crippen molar-refractivity contribution in [3.63, 3.8) is 0 Å². The molecule has 6 heteroatoms. The Morgan fingerprint density at radius 2 is 2.05 bits per heavy atom. The van der Waals surface area contributed by atoms with Gasteiger partial charge in [-0.05, 0) is 18.1 Å². The molecule has 0 spiro atoms. The number of amides is 1. The highest BCUT2D eigenvalue weighted by molar-refractivity contribution is 7.18. The summed E-state index contributed by atoms with van der Waals surface area (Å²) in [7, 11) is 0. The summed E-state index contributed by atoms with van der Waals surface area (Å²) in [6.45, 7) is 4.03. The van der Waals surface area contributed by atoms with E-state index in [1.165, 1.54) is 22.5 Å². The highest BCUT2D eigenvalue weighted by atomic mass is 32.1. The molecule has 0 saturated carbocycles. The SMILES string of the molecule is CCNc1nc(N)c(C(=O)N2Cc3ccccc3C2)s1. The minimum Gasteiger partial charge on any atom is -0.382 e. The number of fused-ring (bicyclic) bond motifs is 1. The molecule has 1 amide bonds. The largest absolute Gasteiger partial charge is 0.382 e. The molecule has 20 heavy (non-hydrogen) atoms. The van der Waals surface area contributed by atoms with E-state index in [4.69, 9.17) is 5.73 Å². The molecule has 1 aliphatic rings. The van der Waals surface area contributed by atoms with Crippen LogP contribution in [-0.2, 0) is 13.1 Å². The molecule has 1 aromatic carbocycles. The van der Waals surface area contributed by atoms with Crippen LogP contribution in [0.2, 0.25) is 0 Å². The summed E-state index contributed by atoms with van der Waals surface area (Å²) in [4.78, 5) is 19.1. The average Bonchev–Trinajstić information content (AvgIpc) is 3.02. The number of nitrogens with two attached hydrogens (primary N) is 1. The lowest BCUT2D eigenvalue weighted by Gasteiger charge is -2.14. The number of rotatable bonds is 3. The topological polar surface area (TPSA) is 71.2 Å². The number of aromatic nitrogens is 1.